The zero-order chi connectivity index (χ0) is 10.8. The number of hydrogen-bond donors (Lipinski definition) is 1. The van der Waals surface area contributed by atoms with Crippen molar-refractivity contribution in [3.05, 3.63) is 35.1 Å². The number of halogens is 1. The summed E-state index contributed by atoms with van der Waals surface area (Å²) in [7, 11) is 0. The van der Waals surface area contributed by atoms with Crippen molar-refractivity contribution in [3.63, 3.8) is 0 Å². The van der Waals surface area contributed by atoms with Crippen LogP contribution in [0.4, 0.5) is 4.39 Å². The molecule has 2 unspecified atom stereocenters. The van der Waals surface area contributed by atoms with E-state index in [1.807, 2.05) is 6.07 Å². The second-order valence-electron chi connectivity index (χ2n) is 4.50. The molecule has 0 radical (unpaired) electrons. The second kappa shape index (κ2) is 4.31. The van der Waals surface area contributed by atoms with Crippen LogP contribution in [0, 0.1) is 5.82 Å². The zero-order valence-electron chi connectivity index (χ0n) is 9.17. The Hall–Kier alpha value is -0.890. The highest BCUT2D eigenvalue weighted by Gasteiger charge is 2.26. The maximum Gasteiger partial charge on any atom is 0.126 e. The highest BCUT2D eigenvalue weighted by atomic mass is 19.1. The zero-order valence-corrected chi connectivity index (χ0v) is 9.17. The molecule has 0 spiro atoms. The van der Waals surface area contributed by atoms with E-state index in [-0.39, 0.29) is 5.82 Å². The normalized spacial score (nSPS) is 25.0. The van der Waals surface area contributed by atoms with Crippen LogP contribution in [0.15, 0.2) is 18.2 Å². The van der Waals surface area contributed by atoms with Crippen LogP contribution >= 0.6 is 0 Å². The first-order chi connectivity index (χ1) is 7.24. The fourth-order valence-electron chi connectivity index (χ4n) is 2.68. The first-order valence-electron chi connectivity index (χ1n) is 5.72. The van der Waals surface area contributed by atoms with E-state index in [9.17, 15) is 4.39 Å². The van der Waals surface area contributed by atoms with Gasteiger partial charge in [0.15, 0.2) is 0 Å². The minimum Gasteiger partial charge on any atom is -0.330 e. The van der Waals surface area contributed by atoms with Gasteiger partial charge in [-0.05, 0) is 54.8 Å². The summed E-state index contributed by atoms with van der Waals surface area (Å²) < 4.78 is 13.7. The second-order valence-corrected chi connectivity index (χ2v) is 4.50. The van der Waals surface area contributed by atoms with Gasteiger partial charge in [0.1, 0.15) is 5.82 Å². The third-order valence-corrected chi connectivity index (χ3v) is 3.48. The summed E-state index contributed by atoms with van der Waals surface area (Å²) in [6.07, 6.45) is 3.20. The van der Waals surface area contributed by atoms with E-state index in [4.69, 9.17) is 5.73 Å². The number of hydrogen-bond acceptors (Lipinski definition) is 1. The molecule has 2 heteroatoms. The van der Waals surface area contributed by atoms with Crippen LogP contribution < -0.4 is 5.73 Å². The molecular weight excluding hydrogens is 189 g/mol. The lowest BCUT2D eigenvalue weighted by Crippen LogP contribution is -2.17. The summed E-state index contributed by atoms with van der Waals surface area (Å²) in [5.41, 5.74) is 7.72. The van der Waals surface area contributed by atoms with Gasteiger partial charge in [-0.15, -0.1) is 0 Å². The van der Waals surface area contributed by atoms with Gasteiger partial charge in [0, 0.05) is 0 Å². The predicted molar refractivity (Wildman–Crippen MR) is 60.5 cm³/mol. The molecule has 0 aromatic heterocycles. The molecule has 2 atom stereocenters. The molecule has 0 fully saturated rings. The van der Waals surface area contributed by atoms with Crippen molar-refractivity contribution < 1.29 is 4.39 Å². The lowest BCUT2D eigenvalue weighted by atomic mass is 9.76. The monoisotopic (exact) mass is 207 g/mol. The minimum atomic E-state index is -0.0401. The van der Waals surface area contributed by atoms with Gasteiger partial charge >= 0.3 is 0 Å². The molecule has 1 aliphatic carbocycles. The molecule has 1 nitrogen and oxygen atoms in total. The Kier molecular flexibility index (Phi) is 3.06. The van der Waals surface area contributed by atoms with Gasteiger partial charge in [-0.2, -0.15) is 0 Å². The van der Waals surface area contributed by atoms with Gasteiger partial charge in [-0.25, -0.2) is 4.39 Å². The van der Waals surface area contributed by atoms with Crippen LogP contribution in [0.2, 0.25) is 0 Å². The highest BCUT2D eigenvalue weighted by molar-refractivity contribution is 5.36. The smallest absolute Gasteiger partial charge is 0.126 e. The van der Waals surface area contributed by atoms with Crippen molar-refractivity contribution in [1.82, 2.24) is 0 Å². The van der Waals surface area contributed by atoms with Gasteiger partial charge < -0.3 is 5.73 Å². The van der Waals surface area contributed by atoms with Crippen LogP contribution in [0.1, 0.15) is 49.1 Å². The van der Waals surface area contributed by atoms with E-state index in [0.29, 0.717) is 18.4 Å². The first-order valence-corrected chi connectivity index (χ1v) is 5.72. The summed E-state index contributed by atoms with van der Waals surface area (Å²) in [5.74, 6) is 0.786. The number of benzene rings is 1. The van der Waals surface area contributed by atoms with Crippen LogP contribution in [0.25, 0.3) is 0 Å². The average Bonchev–Trinajstić information content (AvgIpc) is 2.22. The van der Waals surface area contributed by atoms with Crippen molar-refractivity contribution in [2.24, 2.45) is 5.73 Å². The van der Waals surface area contributed by atoms with E-state index in [0.717, 1.165) is 24.8 Å². The van der Waals surface area contributed by atoms with E-state index >= 15 is 0 Å². The summed E-state index contributed by atoms with van der Waals surface area (Å²) in [6.45, 7) is 2.80. The topological polar surface area (TPSA) is 26.0 Å². The molecule has 1 aromatic rings. The Morgan fingerprint density at radius 3 is 2.93 bits per heavy atom. The summed E-state index contributed by atoms with van der Waals surface area (Å²) in [4.78, 5) is 0. The van der Waals surface area contributed by atoms with E-state index in [2.05, 4.69) is 13.0 Å². The molecule has 2 N–H and O–H groups in total. The predicted octanol–water partition coefficient (Wildman–Crippen LogP) is 3.16. The Balaban J connectivity index is 2.41. The summed E-state index contributed by atoms with van der Waals surface area (Å²) >= 11 is 0. The lowest BCUT2D eigenvalue weighted by Gasteiger charge is -2.29. The number of rotatable bonds is 2. The number of fused-ring (bicyclic) bond motifs is 1. The largest absolute Gasteiger partial charge is 0.330 e. The average molecular weight is 207 g/mol. The Morgan fingerprint density at radius 2 is 2.20 bits per heavy atom. The van der Waals surface area contributed by atoms with Crippen LogP contribution in [-0.2, 0) is 0 Å². The Morgan fingerprint density at radius 1 is 1.40 bits per heavy atom. The fraction of sp³-hybridized carbons (Fsp3) is 0.538. The first kappa shape index (κ1) is 10.6. The third kappa shape index (κ3) is 1.91. The van der Waals surface area contributed by atoms with Crippen molar-refractivity contribution in [1.29, 1.82) is 0 Å². The third-order valence-electron chi connectivity index (χ3n) is 3.48. The van der Waals surface area contributed by atoms with Crippen LogP contribution in [0.3, 0.4) is 0 Å². The Labute approximate surface area is 90.5 Å². The van der Waals surface area contributed by atoms with Crippen molar-refractivity contribution in [3.8, 4) is 0 Å². The number of nitrogens with two attached hydrogens (primary N) is 1. The molecule has 82 valence electrons. The standard InChI is InChI=1S/C13H18FN/c1-9-5-6-10(7-8-15)11-3-2-4-12(14)13(9)11/h2-4,9-10H,5-8,15H2,1H3. The van der Waals surface area contributed by atoms with Gasteiger partial charge in [0.2, 0.25) is 0 Å². The molecule has 15 heavy (non-hydrogen) atoms. The molecule has 1 aliphatic rings. The summed E-state index contributed by atoms with van der Waals surface area (Å²) in [5, 5.41) is 0. The van der Waals surface area contributed by atoms with Crippen molar-refractivity contribution in [2.45, 2.75) is 38.0 Å². The lowest BCUT2D eigenvalue weighted by molar-refractivity contribution is 0.461. The van der Waals surface area contributed by atoms with Crippen molar-refractivity contribution in [2.75, 3.05) is 6.54 Å². The fourth-order valence-corrected chi connectivity index (χ4v) is 2.68. The molecule has 0 saturated carbocycles. The van der Waals surface area contributed by atoms with Gasteiger partial charge in [0.25, 0.3) is 0 Å². The van der Waals surface area contributed by atoms with E-state index in [1.54, 1.807) is 6.07 Å². The Bertz CT molecular complexity index is 348. The molecular formula is C13H18FN. The summed E-state index contributed by atoms with van der Waals surface area (Å²) in [6, 6.07) is 5.45. The van der Waals surface area contributed by atoms with Gasteiger partial charge in [-0.3, -0.25) is 0 Å². The molecule has 0 saturated heterocycles. The molecule has 0 aliphatic heterocycles. The van der Waals surface area contributed by atoms with E-state index in [1.165, 1.54) is 5.56 Å². The minimum absolute atomic E-state index is 0.0401. The maximum absolute atomic E-state index is 13.7. The van der Waals surface area contributed by atoms with E-state index < -0.39 is 0 Å². The molecule has 0 heterocycles. The highest BCUT2D eigenvalue weighted by Crippen LogP contribution is 2.40. The van der Waals surface area contributed by atoms with Gasteiger partial charge in [0.05, 0.1) is 0 Å². The maximum atomic E-state index is 13.7. The molecule has 2 rings (SSSR count). The molecule has 1 aromatic carbocycles. The SMILES string of the molecule is CC1CCC(CCN)c2cccc(F)c21. The quantitative estimate of drug-likeness (QED) is 0.792. The van der Waals surface area contributed by atoms with Crippen LogP contribution in [-0.4, -0.2) is 6.54 Å². The van der Waals surface area contributed by atoms with Crippen LogP contribution in [0.5, 0.6) is 0 Å². The molecule has 0 amide bonds. The molecule has 0 bridgehead atoms. The van der Waals surface area contributed by atoms with Gasteiger partial charge in [-0.1, -0.05) is 19.1 Å². The van der Waals surface area contributed by atoms with Crippen molar-refractivity contribution >= 4 is 0 Å².